The molecule has 0 N–H and O–H groups in total. The minimum absolute atomic E-state index is 0.0244. The van der Waals surface area contributed by atoms with Crippen LogP contribution in [0.25, 0.3) is 6.08 Å². The molecule has 0 atom stereocenters. The summed E-state index contributed by atoms with van der Waals surface area (Å²) in [4.78, 5) is 28.9. The lowest BCUT2D eigenvalue weighted by Crippen LogP contribution is -2.32. The highest BCUT2D eigenvalue weighted by Gasteiger charge is 2.33. The molecular weight excluding hydrogens is 416 g/mol. The van der Waals surface area contributed by atoms with Gasteiger partial charge >= 0.3 is 0 Å². The second-order valence-electron chi connectivity index (χ2n) is 7.30. The fourth-order valence-corrected chi connectivity index (χ4v) is 4.70. The highest BCUT2D eigenvalue weighted by molar-refractivity contribution is 8.27. The van der Waals surface area contributed by atoms with Crippen LogP contribution in [0.5, 0.6) is 5.75 Å². The van der Waals surface area contributed by atoms with Crippen LogP contribution >= 0.6 is 24.0 Å². The summed E-state index contributed by atoms with van der Waals surface area (Å²) in [7, 11) is 0. The quantitative estimate of drug-likeness (QED) is 0.512. The van der Waals surface area contributed by atoms with E-state index in [0.29, 0.717) is 15.0 Å². The molecular formula is C23H22N2O3S2. The average Bonchev–Trinajstić information content (AvgIpc) is 3.37. The van der Waals surface area contributed by atoms with Gasteiger partial charge in [0.25, 0.3) is 11.8 Å². The van der Waals surface area contributed by atoms with Crippen molar-refractivity contribution >= 4 is 51.9 Å². The van der Waals surface area contributed by atoms with E-state index in [4.69, 9.17) is 17.0 Å². The lowest BCUT2D eigenvalue weighted by Gasteiger charge is -2.15. The van der Waals surface area contributed by atoms with Crippen LogP contribution in [0.3, 0.4) is 0 Å². The Hall–Kier alpha value is -2.64. The van der Waals surface area contributed by atoms with Crippen molar-refractivity contribution in [3.05, 3.63) is 64.6 Å². The summed E-state index contributed by atoms with van der Waals surface area (Å²) in [6.45, 7) is 3.70. The van der Waals surface area contributed by atoms with Crippen molar-refractivity contribution in [2.75, 3.05) is 24.6 Å². The zero-order chi connectivity index (χ0) is 21.1. The van der Waals surface area contributed by atoms with Gasteiger partial charge in [-0.15, -0.1) is 0 Å². The van der Waals surface area contributed by atoms with Crippen molar-refractivity contribution in [2.24, 2.45) is 0 Å². The van der Waals surface area contributed by atoms with Gasteiger partial charge in [-0.2, -0.15) is 0 Å². The molecule has 0 bridgehead atoms. The molecule has 2 fully saturated rings. The summed E-state index contributed by atoms with van der Waals surface area (Å²) < 4.78 is 6.14. The number of likely N-dealkylation sites (tertiary alicyclic amines) is 1. The SMILES string of the molecule is Cc1ccc(N2C(=O)/C(=C/c3ccc(OCC(=O)N4CCCC4)cc3)SC2=S)cc1. The maximum Gasteiger partial charge on any atom is 0.270 e. The Kier molecular flexibility index (Phi) is 6.20. The van der Waals surface area contributed by atoms with Gasteiger partial charge in [-0.3, -0.25) is 14.5 Å². The van der Waals surface area contributed by atoms with Gasteiger partial charge in [0.05, 0.1) is 10.6 Å². The Labute approximate surface area is 185 Å². The van der Waals surface area contributed by atoms with Crippen LogP contribution in [-0.2, 0) is 9.59 Å². The highest BCUT2D eigenvalue weighted by Crippen LogP contribution is 2.36. The Balaban J connectivity index is 1.40. The summed E-state index contributed by atoms with van der Waals surface area (Å²) in [6.07, 6.45) is 3.96. The third-order valence-electron chi connectivity index (χ3n) is 5.08. The average molecular weight is 439 g/mol. The van der Waals surface area contributed by atoms with E-state index in [1.807, 2.05) is 66.4 Å². The number of nitrogens with zero attached hydrogens (tertiary/aromatic N) is 2. The molecule has 2 amide bonds. The number of benzene rings is 2. The van der Waals surface area contributed by atoms with Crippen LogP contribution in [-0.4, -0.2) is 40.7 Å². The van der Waals surface area contributed by atoms with E-state index in [0.717, 1.165) is 42.7 Å². The van der Waals surface area contributed by atoms with Crippen molar-refractivity contribution in [1.82, 2.24) is 4.90 Å². The molecule has 7 heteroatoms. The minimum Gasteiger partial charge on any atom is -0.484 e. The summed E-state index contributed by atoms with van der Waals surface area (Å²) in [5, 5.41) is 0. The van der Waals surface area contributed by atoms with E-state index in [1.54, 1.807) is 4.90 Å². The van der Waals surface area contributed by atoms with Gasteiger partial charge in [0.2, 0.25) is 0 Å². The van der Waals surface area contributed by atoms with Gasteiger partial charge in [0.15, 0.2) is 10.9 Å². The summed E-state index contributed by atoms with van der Waals surface area (Å²) in [5.41, 5.74) is 2.78. The first-order valence-corrected chi connectivity index (χ1v) is 11.1. The monoisotopic (exact) mass is 438 g/mol. The standard InChI is InChI=1S/C23H22N2O3S2/c1-16-4-8-18(9-5-16)25-22(27)20(30-23(25)29)14-17-6-10-19(11-7-17)28-15-21(26)24-12-2-3-13-24/h4-11,14H,2-3,12-13,15H2,1H3/b20-14-. The molecule has 2 aromatic carbocycles. The molecule has 2 aliphatic rings. The summed E-state index contributed by atoms with van der Waals surface area (Å²) in [5.74, 6) is 0.536. The molecule has 2 saturated heterocycles. The third-order valence-corrected chi connectivity index (χ3v) is 6.39. The first kappa shape index (κ1) is 20.6. The van der Waals surface area contributed by atoms with Gasteiger partial charge in [-0.05, 0) is 55.7 Å². The van der Waals surface area contributed by atoms with Gasteiger partial charge < -0.3 is 9.64 Å². The zero-order valence-electron chi connectivity index (χ0n) is 16.7. The number of aryl methyl sites for hydroxylation is 1. The molecule has 0 spiro atoms. The van der Waals surface area contributed by atoms with Crippen molar-refractivity contribution in [3.8, 4) is 5.75 Å². The molecule has 0 unspecified atom stereocenters. The third kappa shape index (κ3) is 4.57. The topological polar surface area (TPSA) is 49.9 Å². The molecule has 2 heterocycles. The highest BCUT2D eigenvalue weighted by atomic mass is 32.2. The lowest BCUT2D eigenvalue weighted by atomic mass is 10.2. The molecule has 154 valence electrons. The van der Waals surface area contributed by atoms with E-state index in [2.05, 4.69) is 0 Å². The van der Waals surface area contributed by atoms with E-state index in [1.165, 1.54) is 11.8 Å². The maximum absolute atomic E-state index is 12.9. The number of hydrogen-bond acceptors (Lipinski definition) is 5. The first-order valence-electron chi connectivity index (χ1n) is 9.86. The van der Waals surface area contributed by atoms with Gasteiger partial charge in [0, 0.05) is 13.1 Å². The maximum atomic E-state index is 12.9. The van der Waals surface area contributed by atoms with E-state index in [9.17, 15) is 9.59 Å². The zero-order valence-corrected chi connectivity index (χ0v) is 18.3. The molecule has 2 aromatic rings. The molecule has 5 nitrogen and oxygen atoms in total. The second kappa shape index (κ2) is 9.02. The van der Waals surface area contributed by atoms with Crippen LogP contribution in [0.4, 0.5) is 5.69 Å². The van der Waals surface area contributed by atoms with Gasteiger partial charge in [0.1, 0.15) is 5.75 Å². The molecule has 30 heavy (non-hydrogen) atoms. The Morgan fingerprint density at radius 2 is 1.77 bits per heavy atom. The van der Waals surface area contributed by atoms with Gasteiger partial charge in [-0.1, -0.05) is 53.8 Å². The molecule has 0 radical (unpaired) electrons. The predicted molar refractivity (Wildman–Crippen MR) is 125 cm³/mol. The smallest absolute Gasteiger partial charge is 0.270 e. The van der Waals surface area contributed by atoms with E-state index >= 15 is 0 Å². The van der Waals surface area contributed by atoms with Crippen molar-refractivity contribution in [2.45, 2.75) is 19.8 Å². The van der Waals surface area contributed by atoms with Crippen LogP contribution in [0.1, 0.15) is 24.0 Å². The fourth-order valence-electron chi connectivity index (χ4n) is 3.40. The normalized spacial score (nSPS) is 17.8. The van der Waals surface area contributed by atoms with E-state index < -0.39 is 0 Å². The number of thiocarbonyl (C=S) groups is 1. The number of anilines is 1. The van der Waals surface area contributed by atoms with Crippen LogP contribution in [0.2, 0.25) is 0 Å². The van der Waals surface area contributed by atoms with Crippen molar-refractivity contribution in [1.29, 1.82) is 0 Å². The number of carbonyl (C=O) groups is 2. The Morgan fingerprint density at radius 3 is 2.43 bits per heavy atom. The molecule has 0 saturated carbocycles. The number of hydrogen-bond donors (Lipinski definition) is 0. The van der Waals surface area contributed by atoms with Crippen LogP contribution in [0.15, 0.2) is 53.4 Å². The van der Waals surface area contributed by atoms with Crippen molar-refractivity contribution in [3.63, 3.8) is 0 Å². The molecule has 0 aliphatic carbocycles. The lowest BCUT2D eigenvalue weighted by molar-refractivity contribution is -0.132. The summed E-state index contributed by atoms with van der Waals surface area (Å²) >= 11 is 6.72. The van der Waals surface area contributed by atoms with Crippen LogP contribution in [0, 0.1) is 6.92 Å². The van der Waals surface area contributed by atoms with Gasteiger partial charge in [-0.25, -0.2) is 0 Å². The molecule has 2 aliphatic heterocycles. The Bertz CT molecular complexity index is 994. The molecule has 4 rings (SSSR count). The van der Waals surface area contributed by atoms with E-state index in [-0.39, 0.29) is 18.4 Å². The number of ether oxygens (including phenoxy) is 1. The largest absolute Gasteiger partial charge is 0.484 e. The number of carbonyl (C=O) groups excluding carboxylic acids is 2. The number of rotatable bonds is 5. The summed E-state index contributed by atoms with van der Waals surface area (Å²) in [6, 6.07) is 15.1. The fraction of sp³-hybridized carbons (Fsp3) is 0.261. The molecule has 0 aromatic heterocycles. The van der Waals surface area contributed by atoms with Crippen molar-refractivity contribution < 1.29 is 14.3 Å². The van der Waals surface area contributed by atoms with Crippen LogP contribution < -0.4 is 9.64 Å². The number of amides is 2. The predicted octanol–water partition coefficient (Wildman–Crippen LogP) is 4.40. The minimum atomic E-state index is -0.120. The Morgan fingerprint density at radius 1 is 1.10 bits per heavy atom. The second-order valence-corrected chi connectivity index (χ2v) is 8.97. The first-order chi connectivity index (χ1) is 14.5. The number of thioether (sulfide) groups is 1.